The van der Waals surface area contributed by atoms with Crippen molar-refractivity contribution in [1.82, 2.24) is 5.32 Å². The highest BCUT2D eigenvalue weighted by molar-refractivity contribution is 5.49. The maximum atomic E-state index is 5.33. The van der Waals surface area contributed by atoms with Crippen LogP contribution in [0.1, 0.15) is 24.3 Å². The molecule has 1 aromatic carbocycles. The van der Waals surface area contributed by atoms with Crippen LogP contribution < -0.4 is 10.2 Å². The Morgan fingerprint density at radius 2 is 1.89 bits per heavy atom. The van der Waals surface area contributed by atoms with Gasteiger partial charge in [0.1, 0.15) is 0 Å². The molecule has 2 atom stereocenters. The fourth-order valence-electron chi connectivity index (χ4n) is 3.42. The standard InChI is InChI=1S/C16H24N2O/c1-19-12-14-10-17-11-16(14)13-4-6-15(7-5-13)18-8-2-3-9-18/h4-7,14,16-17H,2-3,8-12H2,1H3. The average molecular weight is 260 g/mol. The number of anilines is 1. The maximum Gasteiger partial charge on any atom is 0.0508 e. The lowest BCUT2D eigenvalue weighted by Gasteiger charge is -2.21. The van der Waals surface area contributed by atoms with Crippen molar-refractivity contribution in [2.24, 2.45) is 5.92 Å². The molecule has 2 unspecified atom stereocenters. The molecule has 3 rings (SSSR count). The second-order valence-corrected chi connectivity index (χ2v) is 5.77. The minimum absolute atomic E-state index is 0.604. The molecule has 1 aromatic rings. The van der Waals surface area contributed by atoms with Gasteiger partial charge in [0.15, 0.2) is 0 Å². The fourth-order valence-corrected chi connectivity index (χ4v) is 3.42. The number of hydrogen-bond acceptors (Lipinski definition) is 3. The van der Waals surface area contributed by atoms with Gasteiger partial charge in [0.25, 0.3) is 0 Å². The third kappa shape index (κ3) is 2.77. The number of nitrogens with one attached hydrogen (secondary N) is 1. The molecule has 0 spiro atoms. The summed E-state index contributed by atoms with van der Waals surface area (Å²) in [4.78, 5) is 2.49. The Bertz CT molecular complexity index is 398. The van der Waals surface area contributed by atoms with E-state index in [0.717, 1.165) is 19.7 Å². The number of ether oxygens (including phenoxy) is 1. The minimum Gasteiger partial charge on any atom is -0.384 e. The van der Waals surface area contributed by atoms with E-state index in [-0.39, 0.29) is 0 Å². The molecule has 104 valence electrons. The van der Waals surface area contributed by atoms with Crippen LogP contribution in [0, 0.1) is 5.92 Å². The van der Waals surface area contributed by atoms with Crippen molar-refractivity contribution >= 4 is 5.69 Å². The van der Waals surface area contributed by atoms with Gasteiger partial charge < -0.3 is 15.0 Å². The van der Waals surface area contributed by atoms with E-state index in [2.05, 4.69) is 34.5 Å². The largest absolute Gasteiger partial charge is 0.384 e. The zero-order valence-electron chi connectivity index (χ0n) is 11.8. The van der Waals surface area contributed by atoms with Gasteiger partial charge in [-0.1, -0.05) is 12.1 Å². The molecule has 1 N–H and O–H groups in total. The smallest absolute Gasteiger partial charge is 0.0508 e. The Morgan fingerprint density at radius 1 is 1.16 bits per heavy atom. The first-order valence-corrected chi connectivity index (χ1v) is 7.43. The third-order valence-electron chi connectivity index (χ3n) is 4.51. The number of nitrogens with zero attached hydrogens (tertiary/aromatic N) is 1. The van der Waals surface area contributed by atoms with Crippen LogP contribution in [0.4, 0.5) is 5.69 Å². The molecular formula is C16H24N2O. The third-order valence-corrected chi connectivity index (χ3v) is 4.51. The van der Waals surface area contributed by atoms with Crippen LogP contribution in [0.15, 0.2) is 24.3 Å². The highest BCUT2D eigenvalue weighted by Crippen LogP contribution is 2.30. The first-order chi connectivity index (χ1) is 9.38. The van der Waals surface area contributed by atoms with Crippen LogP contribution in [-0.2, 0) is 4.74 Å². The van der Waals surface area contributed by atoms with Crippen molar-refractivity contribution in [3.05, 3.63) is 29.8 Å². The van der Waals surface area contributed by atoms with E-state index in [9.17, 15) is 0 Å². The van der Waals surface area contributed by atoms with Gasteiger partial charge in [0, 0.05) is 50.8 Å². The molecule has 2 aliphatic heterocycles. The van der Waals surface area contributed by atoms with Gasteiger partial charge in [-0.15, -0.1) is 0 Å². The normalized spacial score (nSPS) is 27.1. The average Bonchev–Trinajstić information content (AvgIpc) is 3.10. The number of methoxy groups -OCH3 is 1. The molecule has 0 amide bonds. The summed E-state index contributed by atoms with van der Waals surface area (Å²) in [6.07, 6.45) is 2.68. The fraction of sp³-hybridized carbons (Fsp3) is 0.625. The van der Waals surface area contributed by atoms with E-state index in [1.165, 1.54) is 37.2 Å². The molecule has 0 saturated carbocycles. The SMILES string of the molecule is COCC1CNCC1c1ccc(N2CCCC2)cc1. The molecule has 2 fully saturated rings. The van der Waals surface area contributed by atoms with Crippen molar-refractivity contribution < 1.29 is 4.74 Å². The summed E-state index contributed by atoms with van der Waals surface area (Å²) in [6, 6.07) is 9.22. The summed E-state index contributed by atoms with van der Waals surface area (Å²) in [5.74, 6) is 1.22. The van der Waals surface area contributed by atoms with Gasteiger partial charge in [0.05, 0.1) is 6.61 Å². The molecule has 0 aromatic heterocycles. The summed E-state index contributed by atoms with van der Waals surface area (Å²) in [7, 11) is 1.80. The van der Waals surface area contributed by atoms with E-state index in [1.807, 2.05) is 0 Å². The first-order valence-electron chi connectivity index (χ1n) is 7.43. The summed E-state index contributed by atoms with van der Waals surface area (Å²) in [6.45, 7) is 5.45. The van der Waals surface area contributed by atoms with Crippen LogP contribution in [0.2, 0.25) is 0 Å². The van der Waals surface area contributed by atoms with Crippen LogP contribution in [0.5, 0.6) is 0 Å². The lowest BCUT2D eigenvalue weighted by Crippen LogP contribution is -2.18. The zero-order valence-corrected chi connectivity index (χ0v) is 11.8. The topological polar surface area (TPSA) is 24.5 Å². The number of hydrogen-bond donors (Lipinski definition) is 1. The second-order valence-electron chi connectivity index (χ2n) is 5.77. The lowest BCUT2D eigenvalue weighted by molar-refractivity contribution is 0.153. The van der Waals surface area contributed by atoms with Crippen LogP contribution in [0.3, 0.4) is 0 Å². The highest BCUT2D eigenvalue weighted by atomic mass is 16.5. The lowest BCUT2D eigenvalue weighted by atomic mass is 9.89. The Morgan fingerprint density at radius 3 is 2.58 bits per heavy atom. The summed E-state index contributed by atoms with van der Waals surface area (Å²) in [5.41, 5.74) is 2.84. The molecule has 3 nitrogen and oxygen atoms in total. The van der Waals surface area contributed by atoms with Gasteiger partial charge in [0.2, 0.25) is 0 Å². The predicted octanol–water partition coefficient (Wildman–Crippen LogP) is 2.24. The molecule has 0 bridgehead atoms. The van der Waals surface area contributed by atoms with Crippen molar-refractivity contribution in [1.29, 1.82) is 0 Å². The van der Waals surface area contributed by atoms with Crippen molar-refractivity contribution in [2.75, 3.05) is 44.8 Å². The van der Waals surface area contributed by atoms with Crippen molar-refractivity contribution in [2.45, 2.75) is 18.8 Å². The summed E-state index contributed by atoms with van der Waals surface area (Å²) in [5, 5.41) is 3.49. The zero-order chi connectivity index (χ0) is 13.1. The van der Waals surface area contributed by atoms with Crippen molar-refractivity contribution in [3.63, 3.8) is 0 Å². The quantitative estimate of drug-likeness (QED) is 0.898. The van der Waals surface area contributed by atoms with E-state index in [0.29, 0.717) is 11.8 Å². The second kappa shape index (κ2) is 5.93. The Hall–Kier alpha value is -1.06. The van der Waals surface area contributed by atoms with E-state index >= 15 is 0 Å². The molecule has 3 heteroatoms. The Labute approximate surface area is 115 Å². The van der Waals surface area contributed by atoms with Crippen LogP contribution >= 0.6 is 0 Å². The maximum absolute atomic E-state index is 5.33. The predicted molar refractivity (Wildman–Crippen MR) is 78.9 cm³/mol. The Balaban J connectivity index is 1.71. The number of benzene rings is 1. The van der Waals surface area contributed by atoms with Gasteiger partial charge in [-0.05, 0) is 30.5 Å². The van der Waals surface area contributed by atoms with Gasteiger partial charge in [-0.25, -0.2) is 0 Å². The minimum atomic E-state index is 0.604. The molecule has 2 heterocycles. The highest BCUT2D eigenvalue weighted by Gasteiger charge is 2.28. The van der Waals surface area contributed by atoms with E-state index in [4.69, 9.17) is 4.74 Å². The Kier molecular flexibility index (Phi) is 4.04. The summed E-state index contributed by atoms with van der Waals surface area (Å²) < 4.78 is 5.33. The van der Waals surface area contributed by atoms with Crippen LogP contribution in [0.25, 0.3) is 0 Å². The van der Waals surface area contributed by atoms with Crippen molar-refractivity contribution in [3.8, 4) is 0 Å². The van der Waals surface area contributed by atoms with Gasteiger partial charge in [-0.3, -0.25) is 0 Å². The molecule has 19 heavy (non-hydrogen) atoms. The van der Waals surface area contributed by atoms with Gasteiger partial charge in [-0.2, -0.15) is 0 Å². The molecule has 0 radical (unpaired) electrons. The molecule has 2 saturated heterocycles. The van der Waals surface area contributed by atoms with E-state index in [1.54, 1.807) is 7.11 Å². The van der Waals surface area contributed by atoms with Crippen LogP contribution in [-0.4, -0.2) is 39.9 Å². The molecule has 2 aliphatic rings. The summed E-state index contributed by atoms with van der Waals surface area (Å²) >= 11 is 0. The molecule has 0 aliphatic carbocycles. The first kappa shape index (κ1) is 12.9. The van der Waals surface area contributed by atoms with E-state index < -0.39 is 0 Å². The van der Waals surface area contributed by atoms with Gasteiger partial charge >= 0.3 is 0 Å². The monoisotopic (exact) mass is 260 g/mol. The number of rotatable bonds is 4. The molecular weight excluding hydrogens is 236 g/mol.